The number of hydrogen-bond donors (Lipinski definition) is 3. The first-order chi connectivity index (χ1) is 11.5. The van der Waals surface area contributed by atoms with E-state index in [1.807, 2.05) is 24.3 Å². The quantitative estimate of drug-likeness (QED) is 0.777. The SMILES string of the molecule is O=C(NC1CCC(C(=O)O)CC1)NC1CC(c2ccccc2Cl)C1. The molecule has 0 saturated heterocycles. The second kappa shape index (κ2) is 7.43. The number of carbonyl (C=O) groups excluding carboxylic acids is 1. The van der Waals surface area contributed by atoms with Crippen LogP contribution in [-0.4, -0.2) is 29.2 Å². The molecular formula is C18H23ClN2O3. The third kappa shape index (κ3) is 4.01. The first kappa shape index (κ1) is 17.1. The molecule has 2 amide bonds. The minimum absolute atomic E-state index is 0.0834. The molecule has 3 N–H and O–H groups in total. The van der Waals surface area contributed by atoms with Gasteiger partial charge in [-0.3, -0.25) is 4.79 Å². The minimum Gasteiger partial charge on any atom is -0.481 e. The van der Waals surface area contributed by atoms with Crippen molar-refractivity contribution in [3.8, 4) is 0 Å². The van der Waals surface area contributed by atoms with Gasteiger partial charge in [0.2, 0.25) is 0 Å². The zero-order valence-corrected chi connectivity index (χ0v) is 14.3. The Labute approximate surface area is 146 Å². The maximum Gasteiger partial charge on any atom is 0.315 e. The lowest BCUT2D eigenvalue weighted by Crippen LogP contribution is -2.50. The lowest BCUT2D eigenvalue weighted by Gasteiger charge is -2.37. The molecule has 1 aromatic carbocycles. The maximum absolute atomic E-state index is 12.1. The Morgan fingerprint density at radius 2 is 1.62 bits per heavy atom. The van der Waals surface area contributed by atoms with Crippen molar-refractivity contribution in [1.29, 1.82) is 0 Å². The molecule has 5 nitrogen and oxygen atoms in total. The third-order valence-electron chi connectivity index (χ3n) is 5.23. The molecule has 2 saturated carbocycles. The largest absolute Gasteiger partial charge is 0.481 e. The van der Waals surface area contributed by atoms with Gasteiger partial charge in [-0.25, -0.2) is 4.79 Å². The van der Waals surface area contributed by atoms with E-state index < -0.39 is 5.97 Å². The number of nitrogens with one attached hydrogen (secondary N) is 2. The molecule has 2 fully saturated rings. The van der Waals surface area contributed by atoms with Crippen LogP contribution in [0.25, 0.3) is 0 Å². The molecule has 0 spiro atoms. The first-order valence-electron chi connectivity index (χ1n) is 8.57. The predicted molar refractivity (Wildman–Crippen MR) is 92.3 cm³/mol. The van der Waals surface area contributed by atoms with Crippen LogP contribution < -0.4 is 10.6 Å². The number of aliphatic carboxylic acids is 1. The van der Waals surface area contributed by atoms with Crippen LogP contribution in [0.5, 0.6) is 0 Å². The highest BCUT2D eigenvalue weighted by Gasteiger charge is 2.33. The number of rotatable bonds is 4. The number of benzene rings is 1. The smallest absolute Gasteiger partial charge is 0.315 e. The fourth-order valence-electron chi connectivity index (χ4n) is 3.69. The summed E-state index contributed by atoms with van der Waals surface area (Å²) in [4.78, 5) is 23.0. The highest BCUT2D eigenvalue weighted by atomic mass is 35.5. The van der Waals surface area contributed by atoms with E-state index in [1.54, 1.807) is 0 Å². The summed E-state index contributed by atoms with van der Waals surface area (Å²) in [6.45, 7) is 0. The van der Waals surface area contributed by atoms with Crippen molar-refractivity contribution in [2.45, 2.75) is 56.5 Å². The first-order valence-corrected chi connectivity index (χ1v) is 8.95. The van der Waals surface area contributed by atoms with E-state index in [1.165, 1.54) is 0 Å². The zero-order valence-electron chi connectivity index (χ0n) is 13.5. The highest BCUT2D eigenvalue weighted by molar-refractivity contribution is 6.31. The molecule has 2 aliphatic carbocycles. The van der Waals surface area contributed by atoms with E-state index in [0.717, 1.165) is 36.3 Å². The lowest BCUT2D eigenvalue weighted by atomic mass is 9.76. The molecule has 1 aromatic rings. The van der Waals surface area contributed by atoms with E-state index >= 15 is 0 Å². The van der Waals surface area contributed by atoms with Gasteiger partial charge in [0.1, 0.15) is 0 Å². The van der Waals surface area contributed by atoms with Crippen molar-refractivity contribution in [2.75, 3.05) is 0 Å². The van der Waals surface area contributed by atoms with Gasteiger partial charge in [0.25, 0.3) is 0 Å². The molecule has 0 aliphatic heterocycles. The molecule has 130 valence electrons. The molecule has 0 atom stereocenters. The second-order valence-corrected chi connectivity index (χ2v) is 7.30. The third-order valence-corrected chi connectivity index (χ3v) is 5.57. The van der Waals surface area contributed by atoms with Gasteiger partial charge in [0.05, 0.1) is 5.92 Å². The number of carboxylic acid groups (broad SMARTS) is 1. The Balaban J connectivity index is 1.38. The molecule has 2 aliphatic rings. The molecule has 0 radical (unpaired) electrons. The Bertz CT molecular complexity index is 608. The van der Waals surface area contributed by atoms with E-state index in [-0.39, 0.29) is 24.0 Å². The zero-order chi connectivity index (χ0) is 17.1. The molecule has 0 aromatic heterocycles. The van der Waals surface area contributed by atoms with Crippen LogP contribution in [0.2, 0.25) is 5.02 Å². The van der Waals surface area contributed by atoms with E-state index in [0.29, 0.717) is 18.8 Å². The molecule has 0 bridgehead atoms. The summed E-state index contributed by atoms with van der Waals surface area (Å²) < 4.78 is 0. The van der Waals surface area contributed by atoms with Gasteiger partial charge in [-0.05, 0) is 56.1 Å². The Kier molecular flexibility index (Phi) is 5.29. The number of halogens is 1. The van der Waals surface area contributed by atoms with Gasteiger partial charge in [-0.15, -0.1) is 0 Å². The topological polar surface area (TPSA) is 78.4 Å². The summed E-state index contributed by atoms with van der Waals surface area (Å²) in [5.74, 6) is -0.567. The number of amides is 2. The summed E-state index contributed by atoms with van der Waals surface area (Å²) in [7, 11) is 0. The van der Waals surface area contributed by atoms with Gasteiger partial charge in [0, 0.05) is 17.1 Å². The van der Waals surface area contributed by atoms with Crippen LogP contribution in [0.1, 0.15) is 50.0 Å². The Hall–Kier alpha value is -1.75. The summed E-state index contributed by atoms with van der Waals surface area (Å²) >= 11 is 6.21. The number of carbonyl (C=O) groups is 2. The normalized spacial score (nSPS) is 29.4. The van der Waals surface area contributed by atoms with Crippen LogP contribution in [0.4, 0.5) is 4.79 Å². The molecule has 0 heterocycles. The molecular weight excluding hydrogens is 328 g/mol. The van der Waals surface area contributed by atoms with E-state index in [2.05, 4.69) is 10.6 Å². The number of hydrogen-bond acceptors (Lipinski definition) is 2. The number of urea groups is 1. The maximum atomic E-state index is 12.1. The van der Waals surface area contributed by atoms with Gasteiger partial charge >= 0.3 is 12.0 Å². The van der Waals surface area contributed by atoms with Crippen LogP contribution in [0, 0.1) is 5.92 Å². The van der Waals surface area contributed by atoms with E-state index in [9.17, 15) is 9.59 Å². The van der Waals surface area contributed by atoms with Gasteiger partial charge in [-0.1, -0.05) is 29.8 Å². The van der Waals surface area contributed by atoms with Crippen LogP contribution in [0.15, 0.2) is 24.3 Å². The van der Waals surface area contributed by atoms with Crippen LogP contribution >= 0.6 is 11.6 Å². The van der Waals surface area contributed by atoms with E-state index in [4.69, 9.17) is 16.7 Å². The summed E-state index contributed by atoms with van der Waals surface area (Å²) in [6.07, 6.45) is 4.55. The van der Waals surface area contributed by atoms with Gasteiger partial charge in [0.15, 0.2) is 0 Å². The Morgan fingerprint density at radius 1 is 1.00 bits per heavy atom. The summed E-state index contributed by atoms with van der Waals surface area (Å²) in [5.41, 5.74) is 1.16. The predicted octanol–water partition coefficient (Wildman–Crippen LogP) is 3.53. The fourth-order valence-corrected chi connectivity index (χ4v) is 3.98. The molecule has 6 heteroatoms. The highest BCUT2D eigenvalue weighted by Crippen LogP contribution is 2.39. The van der Waals surface area contributed by atoms with Crippen LogP contribution in [-0.2, 0) is 4.79 Å². The van der Waals surface area contributed by atoms with Gasteiger partial charge in [-0.2, -0.15) is 0 Å². The van der Waals surface area contributed by atoms with Crippen molar-refractivity contribution in [1.82, 2.24) is 10.6 Å². The molecule has 0 unspecified atom stereocenters. The van der Waals surface area contributed by atoms with Crippen molar-refractivity contribution >= 4 is 23.6 Å². The fraction of sp³-hybridized carbons (Fsp3) is 0.556. The van der Waals surface area contributed by atoms with Crippen molar-refractivity contribution < 1.29 is 14.7 Å². The minimum atomic E-state index is -0.724. The Morgan fingerprint density at radius 3 is 2.25 bits per heavy atom. The standard InChI is InChI=1S/C18H23ClN2O3/c19-16-4-2-1-3-15(16)12-9-14(10-12)21-18(24)20-13-7-5-11(6-8-13)17(22)23/h1-4,11-14H,5-10H2,(H,22,23)(H2,20,21,24). The van der Waals surface area contributed by atoms with Crippen molar-refractivity contribution in [3.63, 3.8) is 0 Å². The van der Waals surface area contributed by atoms with Gasteiger partial charge < -0.3 is 15.7 Å². The van der Waals surface area contributed by atoms with Crippen molar-refractivity contribution in [3.05, 3.63) is 34.9 Å². The molecule has 3 rings (SSSR count). The number of carboxylic acids is 1. The molecule has 24 heavy (non-hydrogen) atoms. The monoisotopic (exact) mass is 350 g/mol. The second-order valence-electron chi connectivity index (χ2n) is 6.89. The summed E-state index contributed by atoms with van der Waals surface area (Å²) in [5, 5.41) is 15.8. The summed E-state index contributed by atoms with van der Waals surface area (Å²) in [6, 6.07) is 7.98. The van der Waals surface area contributed by atoms with Crippen LogP contribution in [0.3, 0.4) is 0 Å². The lowest BCUT2D eigenvalue weighted by molar-refractivity contribution is -0.142. The average Bonchev–Trinajstić information content (AvgIpc) is 2.52. The van der Waals surface area contributed by atoms with Crippen molar-refractivity contribution in [2.24, 2.45) is 5.92 Å². The average molecular weight is 351 g/mol.